The van der Waals surface area contributed by atoms with Crippen LogP contribution in [-0.4, -0.2) is 14.5 Å². The van der Waals surface area contributed by atoms with Gasteiger partial charge in [0.15, 0.2) is 0 Å². The maximum absolute atomic E-state index is 5.29. The molecule has 0 saturated carbocycles. The van der Waals surface area contributed by atoms with E-state index in [-0.39, 0.29) is 10.7 Å². The Balaban J connectivity index is 1.08. The molecule has 52 heavy (non-hydrogen) atoms. The minimum atomic E-state index is -0.0541. The summed E-state index contributed by atoms with van der Waals surface area (Å²) in [5.74, 6) is 1.22. The SMILES string of the molecule is CC1CC=CC2=C1C1(C)C=Cc3c(c4cc(-c5ccccc5)ccc4n3-c3nccc(-c4cccc(-c5ccc(-c6ccccc6)cc5)c4)n3)C1S2. The number of rotatable bonds is 5. The molecule has 7 aromatic rings. The molecule has 250 valence electrons. The lowest BCUT2D eigenvalue weighted by Crippen LogP contribution is -2.26. The van der Waals surface area contributed by atoms with Crippen LogP contribution in [0.25, 0.3) is 67.6 Å². The Morgan fingerprint density at radius 2 is 1.31 bits per heavy atom. The highest BCUT2D eigenvalue weighted by molar-refractivity contribution is 8.03. The summed E-state index contributed by atoms with van der Waals surface area (Å²) in [5, 5.41) is 1.54. The van der Waals surface area contributed by atoms with Crippen LogP contribution in [0.5, 0.6) is 0 Å². The molecule has 0 spiro atoms. The van der Waals surface area contributed by atoms with E-state index in [1.165, 1.54) is 49.4 Å². The third kappa shape index (κ3) is 4.97. The van der Waals surface area contributed by atoms with Crippen molar-refractivity contribution in [3.63, 3.8) is 0 Å². The third-order valence-electron chi connectivity index (χ3n) is 11.2. The predicted octanol–water partition coefficient (Wildman–Crippen LogP) is 12.8. The van der Waals surface area contributed by atoms with Crippen LogP contribution in [0.2, 0.25) is 0 Å². The molecule has 3 aliphatic rings. The smallest absolute Gasteiger partial charge is 0.235 e. The molecular formula is C48H37N3S. The number of benzene rings is 5. The van der Waals surface area contributed by atoms with E-state index in [9.17, 15) is 0 Å². The molecule has 3 atom stereocenters. The number of nitrogens with zero attached hydrogens (tertiary/aromatic N) is 3. The summed E-state index contributed by atoms with van der Waals surface area (Å²) < 4.78 is 2.29. The van der Waals surface area contributed by atoms with Crippen molar-refractivity contribution in [1.29, 1.82) is 0 Å². The number of hydrogen-bond acceptors (Lipinski definition) is 3. The lowest BCUT2D eigenvalue weighted by Gasteiger charge is -2.37. The van der Waals surface area contributed by atoms with Gasteiger partial charge in [-0.3, -0.25) is 4.57 Å². The zero-order valence-corrected chi connectivity index (χ0v) is 30.0. The fraction of sp³-hybridized carbons (Fsp3) is 0.125. The number of thioether (sulfide) groups is 1. The Morgan fingerprint density at radius 1 is 0.673 bits per heavy atom. The summed E-state index contributed by atoms with van der Waals surface area (Å²) in [6.45, 7) is 4.84. The highest BCUT2D eigenvalue weighted by Gasteiger charge is 2.50. The van der Waals surface area contributed by atoms with Crippen molar-refractivity contribution in [2.24, 2.45) is 11.3 Å². The lowest BCUT2D eigenvalue weighted by molar-refractivity contribution is 0.441. The fourth-order valence-electron chi connectivity index (χ4n) is 8.67. The molecule has 0 N–H and O–H groups in total. The van der Waals surface area contributed by atoms with E-state index >= 15 is 0 Å². The first-order valence-electron chi connectivity index (χ1n) is 18.2. The molecular weight excluding hydrogens is 651 g/mol. The van der Waals surface area contributed by atoms with Gasteiger partial charge in [0.2, 0.25) is 5.95 Å². The molecule has 3 unspecified atom stereocenters. The van der Waals surface area contributed by atoms with E-state index in [2.05, 4.69) is 170 Å². The summed E-state index contributed by atoms with van der Waals surface area (Å²) in [5.41, 5.74) is 14.4. The van der Waals surface area contributed by atoms with Crippen molar-refractivity contribution in [3.8, 4) is 50.6 Å². The minimum Gasteiger partial charge on any atom is -0.278 e. The zero-order chi connectivity index (χ0) is 34.8. The first kappa shape index (κ1) is 31.1. The molecule has 0 amide bonds. The molecule has 2 aromatic heterocycles. The molecule has 2 aliphatic carbocycles. The molecule has 3 heterocycles. The Bertz CT molecular complexity index is 2600. The number of aromatic nitrogens is 3. The van der Waals surface area contributed by atoms with Gasteiger partial charge in [-0.25, -0.2) is 9.97 Å². The summed E-state index contributed by atoms with van der Waals surface area (Å²) in [7, 11) is 0. The summed E-state index contributed by atoms with van der Waals surface area (Å²) in [4.78, 5) is 11.7. The second-order valence-electron chi connectivity index (χ2n) is 14.4. The summed E-state index contributed by atoms with van der Waals surface area (Å²) >= 11 is 2.04. The lowest BCUT2D eigenvalue weighted by atomic mass is 9.68. The standard InChI is InChI=1S/C48H37N3S/c1-31-11-9-18-43-45(31)48(2)27-25-42-44(46(48)52-43)39-30-37(33-14-7-4-8-15-33)23-24-41(39)51(42)47-49-28-26-40(50-47)38-17-10-16-36(29-38)35-21-19-34(20-22-35)32-12-5-3-6-13-32/h3-10,12-31,46H,11H2,1-2H3. The molecule has 4 heteroatoms. The van der Waals surface area contributed by atoms with E-state index < -0.39 is 0 Å². The Morgan fingerprint density at radius 3 is 2.08 bits per heavy atom. The van der Waals surface area contributed by atoms with Gasteiger partial charge in [0.25, 0.3) is 0 Å². The van der Waals surface area contributed by atoms with Crippen LogP contribution in [0.4, 0.5) is 0 Å². The van der Waals surface area contributed by atoms with Crippen LogP contribution in [0, 0.1) is 11.3 Å². The van der Waals surface area contributed by atoms with Crippen LogP contribution < -0.4 is 0 Å². The molecule has 10 rings (SSSR count). The maximum atomic E-state index is 5.29. The van der Waals surface area contributed by atoms with E-state index in [1.54, 1.807) is 5.57 Å². The molecule has 3 nitrogen and oxygen atoms in total. The van der Waals surface area contributed by atoms with Gasteiger partial charge in [-0.05, 0) is 81.6 Å². The quantitative estimate of drug-likeness (QED) is 0.180. The number of hydrogen-bond donors (Lipinski definition) is 0. The maximum Gasteiger partial charge on any atom is 0.235 e. The Labute approximate surface area is 309 Å². The largest absolute Gasteiger partial charge is 0.278 e. The predicted molar refractivity (Wildman–Crippen MR) is 218 cm³/mol. The Hall–Kier alpha value is -5.71. The fourth-order valence-corrected chi connectivity index (χ4v) is 10.5. The van der Waals surface area contributed by atoms with Gasteiger partial charge < -0.3 is 0 Å². The first-order valence-corrected chi connectivity index (χ1v) is 19.0. The van der Waals surface area contributed by atoms with Gasteiger partial charge >= 0.3 is 0 Å². The minimum absolute atomic E-state index is 0.0541. The topological polar surface area (TPSA) is 30.7 Å². The molecule has 0 radical (unpaired) electrons. The molecule has 5 aromatic carbocycles. The second-order valence-corrected chi connectivity index (χ2v) is 15.6. The van der Waals surface area contributed by atoms with Crippen molar-refractivity contribution in [3.05, 3.63) is 180 Å². The van der Waals surface area contributed by atoms with Crippen LogP contribution in [0.3, 0.4) is 0 Å². The normalized spacial score (nSPS) is 20.2. The van der Waals surface area contributed by atoms with E-state index in [4.69, 9.17) is 9.97 Å². The molecule has 0 saturated heterocycles. The van der Waals surface area contributed by atoms with Crippen molar-refractivity contribution in [1.82, 2.24) is 14.5 Å². The second kappa shape index (κ2) is 12.2. The van der Waals surface area contributed by atoms with E-state index in [1.807, 2.05) is 24.0 Å². The van der Waals surface area contributed by atoms with Crippen molar-refractivity contribution in [2.75, 3.05) is 0 Å². The highest BCUT2D eigenvalue weighted by Crippen LogP contribution is 2.66. The van der Waals surface area contributed by atoms with Crippen LogP contribution >= 0.6 is 11.8 Å². The molecule has 0 fully saturated rings. The zero-order valence-electron chi connectivity index (χ0n) is 29.2. The van der Waals surface area contributed by atoms with Gasteiger partial charge in [0.05, 0.1) is 16.9 Å². The molecule has 1 aliphatic heterocycles. The van der Waals surface area contributed by atoms with Crippen molar-refractivity contribution >= 4 is 28.7 Å². The van der Waals surface area contributed by atoms with Crippen molar-refractivity contribution < 1.29 is 0 Å². The van der Waals surface area contributed by atoms with Gasteiger partial charge in [0, 0.05) is 38.3 Å². The average molecular weight is 688 g/mol. The molecule has 0 bridgehead atoms. The van der Waals surface area contributed by atoms with Crippen LogP contribution in [-0.2, 0) is 0 Å². The van der Waals surface area contributed by atoms with Gasteiger partial charge in [-0.1, -0.05) is 141 Å². The monoisotopic (exact) mass is 687 g/mol. The highest BCUT2D eigenvalue weighted by atomic mass is 32.2. The van der Waals surface area contributed by atoms with Gasteiger partial charge in [-0.15, -0.1) is 11.8 Å². The van der Waals surface area contributed by atoms with Gasteiger partial charge in [0.1, 0.15) is 0 Å². The number of fused-ring (bicyclic) bond motifs is 6. The first-order chi connectivity index (χ1) is 25.5. The third-order valence-corrected chi connectivity index (χ3v) is 12.8. The summed E-state index contributed by atoms with van der Waals surface area (Å²) in [6, 6.07) is 47.7. The van der Waals surface area contributed by atoms with Crippen molar-refractivity contribution in [2.45, 2.75) is 25.5 Å². The van der Waals surface area contributed by atoms with E-state index in [0.717, 1.165) is 28.8 Å². The Kier molecular flexibility index (Phi) is 7.29. The average Bonchev–Trinajstić information content (AvgIpc) is 3.70. The van der Waals surface area contributed by atoms with Gasteiger partial charge in [-0.2, -0.15) is 0 Å². The van der Waals surface area contributed by atoms with Crippen LogP contribution in [0.15, 0.2) is 168 Å². The summed E-state index contributed by atoms with van der Waals surface area (Å²) in [6.07, 6.45) is 12.5. The van der Waals surface area contributed by atoms with Crippen LogP contribution in [0.1, 0.15) is 36.8 Å². The number of allylic oxidation sites excluding steroid dienone is 4. The van der Waals surface area contributed by atoms with E-state index in [0.29, 0.717) is 11.9 Å².